The Labute approximate surface area is 99.1 Å². The summed E-state index contributed by atoms with van der Waals surface area (Å²) in [6.45, 7) is 3.85. The standard InChI is InChI=1S/C13H14O4/c1-8(2)17-12-7-9(13(14)15-3)6-11-10(12)4-5-16-11/h4-8H,1-3H3. The predicted octanol–water partition coefficient (Wildman–Crippen LogP) is 3.01. The average molecular weight is 234 g/mol. The van der Waals surface area contributed by atoms with Crippen LogP contribution in [0.15, 0.2) is 28.9 Å². The Balaban J connectivity index is 2.54. The molecule has 0 fully saturated rings. The summed E-state index contributed by atoms with van der Waals surface area (Å²) < 4.78 is 15.6. The van der Waals surface area contributed by atoms with Gasteiger partial charge in [0.25, 0.3) is 0 Å². The molecular formula is C13H14O4. The van der Waals surface area contributed by atoms with Crippen molar-refractivity contribution in [1.82, 2.24) is 0 Å². The zero-order valence-corrected chi connectivity index (χ0v) is 10.0. The number of esters is 1. The van der Waals surface area contributed by atoms with E-state index in [9.17, 15) is 4.79 Å². The number of hydrogen-bond acceptors (Lipinski definition) is 4. The minimum Gasteiger partial charge on any atom is -0.490 e. The lowest BCUT2D eigenvalue weighted by molar-refractivity contribution is 0.0600. The van der Waals surface area contributed by atoms with Crippen LogP contribution in [-0.2, 0) is 4.74 Å². The SMILES string of the molecule is COC(=O)c1cc(OC(C)C)c2ccoc2c1. The molecule has 0 atom stereocenters. The highest BCUT2D eigenvalue weighted by Gasteiger charge is 2.13. The highest BCUT2D eigenvalue weighted by molar-refractivity contribution is 5.96. The lowest BCUT2D eigenvalue weighted by Crippen LogP contribution is -2.07. The number of benzene rings is 1. The van der Waals surface area contributed by atoms with Gasteiger partial charge < -0.3 is 13.9 Å². The smallest absolute Gasteiger partial charge is 0.338 e. The Kier molecular flexibility index (Phi) is 3.04. The molecule has 2 rings (SSSR count). The van der Waals surface area contributed by atoms with Crippen LogP contribution in [-0.4, -0.2) is 19.2 Å². The first kappa shape index (κ1) is 11.5. The summed E-state index contributed by atoms with van der Waals surface area (Å²) in [4.78, 5) is 11.5. The quantitative estimate of drug-likeness (QED) is 0.766. The van der Waals surface area contributed by atoms with Gasteiger partial charge in [-0.2, -0.15) is 0 Å². The first-order valence-corrected chi connectivity index (χ1v) is 5.38. The molecule has 17 heavy (non-hydrogen) atoms. The lowest BCUT2D eigenvalue weighted by Gasteiger charge is -2.11. The average Bonchev–Trinajstić information content (AvgIpc) is 2.75. The summed E-state index contributed by atoms with van der Waals surface area (Å²) in [6.07, 6.45) is 1.60. The van der Waals surface area contributed by atoms with Crippen LogP contribution in [0.4, 0.5) is 0 Å². The van der Waals surface area contributed by atoms with Crippen LogP contribution in [0, 0.1) is 0 Å². The fraction of sp³-hybridized carbons (Fsp3) is 0.308. The maximum atomic E-state index is 11.5. The number of hydrogen-bond donors (Lipinski definition) is 0. The number of rotatable bonds is 3. The second-order valence-electron chi connectivity index (χ2n) is 3.96. The molecule has 2 aromatic rings. The van der Waals surface area contributed by atoms with Gasteiger partial charge in [0, 0.05) is 0 Å². The minimum atomic E-state index is -0.406. The van der Waals surface area contributed by atoms with Gasteiger partial charge in [0.2, 0.25) is 0 Å². The zero-order chi connectivity index (χ0) is 12.4. The van der Waals surface area contributed by atoms with Gasteiger partial charge in [0.1, 0.15) is 11.3 Å². The molecule has 0 aliphatic carbocycles. The third-order valence-corrected chi connectivity index (χ3v) is 2.32. The molecule has 1 aromatic heterocycles. The van der Waals surface area contributed by atoms with Gasteiger partial charge >= 0.3 is 5.97 Å². The van der Waals surface area contributed by atoms with Crippen molar-refractivity contribution in [3.05, 3.63) is 30.0 Å². The fourth-order valence-electron chi connectivity index (χ4n) is 1.63. The van der Waals surface area contributed by atoms with Gasteiger partial charge in [0.15, 0.2) is 0 Å². The van der Waals surface area contributed by atoms with Crippen molar-refractivity contribution in [1.29, 1.82) is 0 Å². The number of ether oxygens (including phenoxy) is 2. The number of carbonyl (C=O) groups is 1. The van der Waals surface area contributed by atoms with Crippen molar-refractivity contribution >= 4 is 16.9 Å². The normalized spacial score (nSPS) is 10.8. The number of carbonyl (C=O) groups excluding carboxylic acids is 1. The van der Waals surface area contributed by atoms with Gasteiger partial charge in [-0.3, -0.25) is 0 Å². The van der Waals surface area contributed by atoms with Crippen LogP contribution >= 0.6 is 0 Å². The van der Waals surface area contributed by atoms with Crippen LogP contribution in [0.25, 0.3) is 11.0 Å². The fourth-order valence-corrected chi connectivity index (χ4v) is 1.63. The Bertz CT molecular complexity index is 539. The van der Waals surface area contributed by atoms with Crippen LogP contribution in [0.1, 0.15) is 24.2 Å². The number of methoxy groups -OCH3 is 1. The molecule has 0 aliphatic rings. The van der Waals surface area contributed by atoms with Crippen molar-refractivity contribution in [2.75, 3.05) is 7.11 Å². The summed E-state index contributed by atoms with van der Waals surface area (Å²) >= 11 is 0. The molecule has 1 aromatic carbocycles. The summed E-state index contributed by atoms with van der Waals surface area (Å²) in [7, 11) is 1.34. The van der Waals surface area contributed by atoms with E-state index in [4.69, 9.17) is 9.15 Å². The molecule has 4 heteroatoms. The van der Waals surface area contributed by atoms with Crippen LogP contribution in [0.5, 0.6) is 5.75 Å². The van der Waals surface area contributed by atoms with E-state index in [0.29, 0.717) is 16.9 Å². The van der Waals surface area contributed by atoms with Crippen LogP contribution < -0.4 is 4.74 Å². The van der Waals surface area contributed by atoms with Crippen LogP contribution in [0.2, 0.25) is 0 Å². The summed E-state index contributed by atoms with van der Waals surface area (Å²) in [5.74, 6) is 0.226. The summed E-state index contributed by atoms with van der Waals surface area (Å²) in [5, 5.41) is 0.853. The molecule has 0 saturated heterocycles. The summed E-state index contributed by atoms with van der Waals surface area (Å²) in [6, 6.07) is 5.13. The van der Waals surface area contributed by atoms with Crippen molar-refractivity contribution in [2.45, 2.75) is 20.0 Å². The summed E-state index contributed by atoms with van der Waals surface area (Å²) in [5.41, 5.74) is 1.04. The van der Waals surface area contributed by atoms with Crippen molar-refractivity contribution < 1.29 is 18.7 Å². The molecule has 0 radical (unpaired) electrons. The molecule has 4 nitrogen and oxygen atoms in total. The Hall–Kier alpha value is -1.97. The van der Waals surface area contributed by atoms with Gasteiger partial charge in [0.05, 0.1) is 30.4 Å². The molecule has 90 valence electrons. The van der Waals surface area contributed by atoms with E-state index in [0.717, 1.165) is 5.39 Å². The van der Waals surface area contributed by atoms with Crippen molar-refractivity contribution in [3.8, 4) is 5.75 Å². The van der Waals surface area contributed by atoms with Gasteiger partial charge in [-0.15, -0.1) is 0 Å². The number of furan rings is 1. The van der Waals surface area contributed by atoms with Gasteiger partial charge in [-0.05, 0) is 32.0 Å². The molecule has 0 aliphatic heterocycles. The molecule has 0 saturated carbocycles. The van der Waals surface area contributed by atoms with E-state index < -0.39 is 5.97 Å². The highest BCUT2D eigenvalue weighted by atomic mass is 16.5. The second-order valence-corrected chi connectivity index (χ2v) is 3.96. The van der Waals surface area contributed by atoms with Gasteiger partial charge in [-0.1, -0.05) is 0 Å². The Morgan fingerprint density at radius 3 is 2.76 bits per heavy atom. The third-order valence-electron chi connectivity index (χ3n) is 2.32. The topological polar surface area (TPSA) is 48.7 Å². The molecule has 1 heterocycles. The van der Waals surface area contributed by atoms with E-state index in [1.807, 2.05) is 19.9 Å². The van der Waals surface area contributed by atoms with Crippen molar-refractivity contribution in [3.63, 3.8) is 0 Å². The maximum absolute atomic E-state index is 11.5. The van der Waals surface area contributed by atoms with Gasteiger partial charge in [-0.25, -0.2) is 4.79 Å². The lowest BCUT2D eigenvalue weighted by atomic mass is 10.1. The molecular weight excluding hydrogens is 220 g/mol. The molecule has 0 bridgehead atoms. The first-order valence-electron chi connectivity index (χ1n) is 5.38. The van der Waals surface area contributed by atoms with E-state index >= 15 is 0 Å². The number of fused-ring (bicyclic) bond motifs is 1. The largest absolute Gasteiger partial charge is 0.490 e. The monoisotopic (exact) mass is 234 g/mol. The highest BCUT2D eigenvalue weighted by Crippen LogP contribution is 2.29. The second kappa shape index (κ2) is 4.49. The van der Waals surface area contributed by atoms with Crippen molar-refractivity contribution in [2.24, 2.45) is 0 Å². The predicted molar refractivity (Wildman–Crippen MR) is 63.3 cm³/mol. The Morgan fingerprint density at radius 1 is 1.35 bits per heavy atom. The Morgan fingerprint density at radius 2 is 2.12 bits per heavy atom. The minimum absolute atomic E-state index is 0.0287. The maximum Gasteiger partial charge on any atom is 0.338 e. The zero-order valence-electron chi connectivity index (χ0n) is 10.0. The first-order chi connectivity index (χ1) is 8.11. The van der Waals surface area contributed by atoms with E-state index in [1.165, 1.54) is 7.11 Å². The molecule has 0 unspecified atom stereocenters. The molecule has 0 amide bonds. The van der Waals surface area contributed by atoms with E-state index in [1.54, 1.807) is 18.4 Å². The van der Waals surface area contributed by atoms with Crippen LogP contribution in [0.3, 0.4) is 0 Å². The third kappa shape index (κ3) is 2.25. The van der Waals surface area contributed by atoms with E-state index in [2.05, 4.69) is 4.74 Å². The molecule has 0 N–H and O–H groups in total. The molecule has 0 spiro atoms. The van der Waals surface area contributed by atoms with E-state index in [-0.39, 0.29) is 6.10 Å².